The highest BCUT2D eigenvalue weighted by Crippen LogP contribution is 2.38. The number of hydrogen-bond acceptors (Lipinski definition) is 3. The van der Waals surface area contributed by atoms with E-state index in [0.29, 0.717) is 5.56 Å². The first-order chi connectivity index (χ1) is 10.7. The van der Waals surface area contributed by atoms with Crippen molar-refractivity contribution in [3.8, 4) is 0 Å². The van der Waals surface area contributed by atoms with Gasteiger partial charge in [0.2, 0.25) is 11.8 Å². The number of carbonyl (C=O) groups is 3. The quantitative estimate of drug-likeness (QED) is 0.870. The van der Waals surface area contributed by atoms with Gasteiger partial charge in [0.25, 0.3) is 0 Å². The normalized spacial score (nSPS) is 22.1. The number of likely N-dealkylation sites (tertiary alicyclic amines) is 1. The van der Waals surface area contributed by atoms with E-state index in [4.69, 9.17) is 16.7 Å². The second-order valence-electron chi connectivity index (χ2n) is 5.50. The van der Waals surface area contributed by atoms with Crippen molar-refractivity contribution in [2.24, 2.45) is 5.92 Å². The molecule has 0 aromatic heterocycles. The van der Waals surface area contributed by atoms with Gasteiger partial charge in [-0.05, 0) is 24.6 Å². The van der Waals surface area contributed by atoms with E-state index in [2.05, 4.69) is 5.32 Å². The molecule has 3 atom stereocenters. The third-order valence-electron chi connectivity index (χ3n) is 3.94. The van der Waals surface area contributed by atoms with E-state index in [9.17, 15) is 18.8 Å². The summed E-state index contributed by atoms with van der Waals surface area (Å²) >= 11 is 5.65. The molecule has 0 aliphatic carbocycles. The highest BCUT2D eigenvalue weighted by Gasteiger charge is 2.43. The minimum Gasteiger partial charge on any atom is -0.480 e. The van der Waals surface area contributed by atoms with Crippen molar-refractivity contribution in [2.45, 2.75) is 25.4 Å². The summed E-state index contributed by atoms with van der Waals surface area (Å²) in [5.41, 5.74) is 0.434. The number of nitrogens with one attached hydrogen (secondary N) is 1. The van der Waals surface area contributed by atoms with Crippen molar-refractivity contribution < 1.29 is 23.9 Å². The third-order valence-corrected chi connectivity index (χ3v) is 4.24. The van der Waals surface area contributed by atoms with Crippen molar-refractivity contribution in [1.82, 2.24) is 10.2 Å². The van der Waals surface area contributed by atoms with Crippen molar-refractivity contribution in [3.05, 3.63) is 34.6 Å². The Morgan fingerprint density at radius 3 is 2.70 bits per heavy atom. The number of benzene rings is 1. The summed E-state index contributed by atoms with van der Waals surface area (Å²) in [5, 5.41) is 11.2. The van der Waals surface area contributed by atoms with Gasteiger partial charge in [-0.25, -0.2) is 4.39 Å². The number of nitrogens with zero attached hydrogens (tertiary/aromatic N) is 1. The maximum atomic E-state index is 13.7. The Morgan fingerprint density at radius 1 is 1.48 bits per heavy atom. The number of carboxylic acid groups (broad SMARTS) is 1. The predicted molar refractivity (Wildman–Crippen MR) is 80.3 cm³/mol. The fraction of sp³-hybridized carbons (Fsp3) is 0.400. The van der Waals surface area contributed by atoms with Crippen molar-refractivity contribution >= 4 is 29.4 Å². The number of carbonyl (C=O) groups excluding carboxylic acids is 2. The van der Waals surface area contributed by atoms with E-state index in [-0.39, 0.29) is 17.4 Å². The molecule has 3 unspecified atom stereocenters. The van der Waals surface area contributed by atoms with Gasteiger partial charge in [-0.2, -0.15) is 0 Å². The number of carboxylic acids is 1. The van der Waals surface area contributed by atoms with Crippen LogP contribution in [0.1, 0.15) is 24.9 Å². The molecule has 124 valence electrons. The second-order valence-corrected chi connectivity index (χ2v) is 5.91. The zero-order valence-electron chi connectivity index (χ0n) is 12.5. The largest absolute Gasteiger partial charge is 0.480 e. The van der Waals surface area contributed by atoms with E-state index < -0.39 is 35.7 Å². The monoisotopic (exact) mass is 342 g/mol. The molecule has 2 amide bonds. The SMILES string of the molecule is CC(NC(=O)C1CC(=O)N(C)C1c1ccc(Cl)c(F)c1)C(=O)O. The Morgan fingerprint density at radius 2 is 2.13 bits per heavy atom. The van der Waals surface area contributed by atoms with E-state index in [1.54, 1.807) is 6.07 Å². The molecule has 1 aromatic rings. The third kappa shape index (κ3) is 3.44. The highest BCUT2D eigenvalue weighted by atomic mass is 35.5. The molecule has 0 bridgehead atoms. The zero-order valence-corrected chi connectivity index (χ0v) is 13.3. The van der Waals surface area contributed by atoms with Gasteiger partial charge in [0.15, 0.2) is 0 Å². The molecular formula is C15H16ClFN2O4. The van der Waals surface area contributed by atoms with E-state index in [1.165, 1.54) is 31.0 Å². The van der Waals surface area contributed by atoms with Crippen LogP contribution in [0.3, 0.4) is 0 Å². The summed E-state index contributed by atoms with van der Waals surface area (Å²) in [4.78, 5) is 36.5. The molecule has 0 radical (unpaired) electrons. The zero-order chi connectivity index (χ0) is 17.3. The van der Waals surface area contributed by atoms with Crippen molar-refractivity contribution in [2.75, 3.05) is 7.05 Å². The number of halogens is 2. The summed E-state index contributed by atoms with van der Waals surface area (Å²) in [7, 11) is 1.52. The topological polar surface area (TPSA) is 86.7 Å². The Balaban J connectivity index is 2.30. The minimum absolute atomic E-state index is 0.0544. The van der Waals surface area contributed by atoms with Gasteiger partial charge < -0.3 is 15.3 Å². The maximum Gasteiger partial charge on any atom is 0.325 e. The second kappa shape index (κ2) is 6.54. The molecule has 8 heteroatoms. The molecule has 1 aliphatic rings. The van der Waals surface area contributed by atoms with Gasteiger partial charge in [-0.15, -0.1) is 0 Å². The Labute approximate surface area is 137 Å². The lowest BCUT2D eigenvalue weighted by atomic mass is 9.92. The van der Waals surface area contributed by atoms with Crippen molar-refractivity contribution in [3.63, 3.8) is 0 Å². The number of aliphatic carboxylic acids is 1. The van der Waals surface area contributed by atoms with Crippen LogP contribution in [-0.2, 0) is 14.4 Å². The summed E-state index contributed by atoms with van der Waals surface area (Å²) in [6.07, 6.45) is -0.0659. The fourth-order valence-corrected chi connectivity index (χ4v) is 2.76. The van der Waals surface area contributed by atoms with Gasteiger partial charge in [-0.1, -0.05) is 17.7 Å². The van der Waals surface area contributed by atoms with Crippen LogP contribution in [-0.4, -0.2) is 40.9 Å². The molecule has 1 heterocycles. The standard InChI is InChI=1S/C15H16ClFN2O4/c1-7(15(22)23)18-14(21)9-6-12(20)19(2)13(9)8-3-4-10(16)11(17)5-8/h3-5,7,9,13H,6H2,1-2H3,(H,18,21)(H,22,23). The van der Waals surface area contributed by atoms with Gasteiger partial charge in [0, 0.05) is 13.5 Å². The fourth-order valence-electron chi connectivity index (χ4n) is 2.64. The van der Waals surface area contributed by atoms with Crippen LogP contribution in [0, 0.1) is 11.7 Å². The molecule has 1 aromatic carbocycles. The van der Waals surface area contributed by atoms with Crippen LogP contribution in [0.4, 0.5) is 4.39 Å². The van der Waals surface area contributed by atoms with E-state index in [1.807, 2.05) is 0 Å². The first-order valence-electron chi connectivity index (χ1n) is 6.96. The minimum atomic E-state index is -1.18. The molecule has 0 saturated carbocycles. The highest BCUT2D eigenvalue weighted by molar-refractivity contribution is 6.30. The van der Waals surface area contributed by atoms with Crippen LogP contribution < -0.4 is 5.32 Å². The van der Waals surface area contributed by atoms with Gasteiger partial charge >= 0.3 is 5.97 Å². The van der Waals surface area contributed by atoms with Crippen LogP contribution in [0.5, 0.6) is 0 Å². The van der Waals surface area contributed by atoms with Gasteiger partial charge in [0.1, 0.15) is 11.9 Å². The molecule has 23 heavy (non-hydrogen) atoms. The van der Waals surface area contributed by atoms with Crippen LogP contribution in [0.2, 0.25) is 5.02 Å². The molecule has 1 saturated heterocycles. The smallest absolute Gasteiger partial charge is 0.325 e. The number of rotatable bonds is 4. The summed E-state index contributed by atoms with van der Waals surface area (Å²) in [6, 6.07) is 2.34. The van der Waals surface area contributed by atoms with Crippen molar-refractivity contribution in [1.29, 1.82) is 0 Å². The summed E-state index contributed by atoms with van der Waals surface area (Å²) in [5.74, 6) is -3.44. The number of hydrogen-bond donors (Lipinski definition) is 2. The lowest BCUT2D eigenvalue weighted by molar-refractivity contribution is -0.142. The maximum absolute atomic E-state index is 13.7. The summed E-state index contributed by atoms with van der Waals surface area (Å²) < 4.78 is 13.7. The number of amides is 2. The molecule has 0 spiro atoms. The van der Waals surface area contributed by atoms with Gasteiger partial charge in [-0.3, -0.25) is 14.4 Å². The lowest BCUT2D eigenvalue weighted by Crippen LogP contribution is -2.43. The van der Waals surface area contributed by atoms with Gasteiger partial charge in [0.05, 0.1) is 17.0 Å². The molecule has 6 nitrogen and oxygen atoms in total. The summed E-state index contributed by atoms with van der Waals surface area (Å²) in [6.45, 7) is 1.33. The predicted octanol–water partition coefficient (Wildman–Crippen LogP) is 1.59. The van der Waals surface area contributed by atoms with Crippen LogP contribution in [0.15, 0.2) is 18.2 Å². The molecule has 2 N–H and O–H groups in total. The van der Waals surface area contributed by atoms with Crippen LogP contribution in [0.25, 0.3) is 0 Å². The molecule has 2 rings (SSSR count). The van der Waals surface area contributed by atoms with Crippen LogP contribution >= 0.6 is 11.6 Å². The Bertz CT molecular complexity index is 667. The Hall–Kier alpha value is -2.15. The first-order valence-corrected chi connectivity index (χ1v) is 7.34. The van der Waals surface area contributed by atoms with E-state index in [0.717, 1.165) is 0 Å². The molecule has 1 aliphatic heterocycles. The molecule has 1 fully saturated rings. The Kier molecular flexibility index (Phi) is 4.89. The average Bonchev–Trinajstić information content (AvgIpc) is 2.78. The average molecular weight is 343 g/mol. The first kappa shape index (κ1) is 17.2. The van der Waals surface area contributed by atoms with E-state index >= 15 is 0 Å². The molecular weight excluding hydrogens is 327 g/mol. The lowest BCUT2D eigenvalue weighted by Gasteiger charge is -2.25.